The van der Waals surface area contributed by atoms with Gasteiger partial charge in [-0.15, -0.1) is 10.2 Å². The second-order valence-corrected chi connectivity index (χ2v) is 6.20. The molecular weight excluding hydrogens is 308 g/mol. The van der Waals surface area contributed by atoms with Gasteiger partial charge in [-0.1, -0.05) is 0 Å². The maximum atomic E-state index is 12.2. The van der Waals surface area contributed by atoms with Crippen molar-refractivity contribution >= 4 is 23.4 Å². The fraction of sp³-hybridized carbons (Fsp3) is 0.294. The molecule has 1 heterocycles. The Labute approximate surface area is 140 Å². The number of ether oxygens (including phenoxy) is 1. The molecule has 7 nitrogen and oxygen atoms in total. The lowest BCUT2D eigenvalue weighted by molar-refractivity contribution is 0.0600. The maximum Gasteiger partial charge on any atom is 0.337 e. The molecule has 7 heteroatoms. The van der Waals surface area contributed by atoms with Gasteiger partial charge in [0.05, 0.1) is 12.7 Å². The van der Waals surface area contributed by atoms with E-state index in [2.05, 4.69) is 25.6 Å². The van der Waals surface area contributed by atoms with Crippen LogP contribution >= 0.6 is 0 Å². The van der Waals surface area contributed by atoms with Crippen molar-refractivity contribution in [2.24, 2.45) is 0 Å². The minimum absolute atomic E-state index is 0.139. The van der Waals surface area contributed by atoms with Crippen LogP contribution in [0.5, 0.6) is 0 Å². The van der Waals surface area contributed by atoms with Crippen molar-refractivity contribution in [2.45, 2.75) is 26.3 Å². The Morgan fingerprint density at radius 3 is 2.17 bits per heavy atom. The van der Waals surface area contributed by atoms with E-state index >= 15 is 0 Å². The highest BCUT2D eigenvalue weighted by Gasteiger charge is 2.13. The second kappa shape index (κ2) is 7.08. The number of anilines is 2. The topological polar surface area (TPSA) is 93.2 Å². The SMILES string of the molecule is COC(=O)c1ccc(NC(=O)c2ccc(NC(C)(C)C)nn2)cc1. The molecule has 0 spiro atoms. The van der Waals surface area contributed by atoms with Gasteiger partial charge in [0.1, 0.15) is 5.82 Å². The van der Waals surface area contributed by atoms with Gasteiger partial charge in [-0.25, -0.2) is 4.79 Å². The first-order valence-electron chi connectivity index (χ1n) is 7.40. The van der Waals surface area contributed by atoms with Crippen molar-refractivity contribution in [1.82, 2.24) is 10.2 Å². The van der Waals surface area contributed by atoms with Crippen molar-refractivity contribution < 1.29 is 14.3 Å². The maximum absolute atomic E-state index is 12.2. The van der Waals surface area contributed by atoms with E-state index in [0.29, 0.717) is 17.1 Å². The van der Waals surface area contributed by atoms with Gasteiger partial charge >= 0.3 is 5.97 Å². The molecule has 2 aromatic rings. The molecule has 2 N–H and O–H groups in total. The number of methoxy groups -OCH3 is 1. The Morgan fingerprint density at radius 1 is 1.00 bits per heavy atom. The van der Waals surface area contributed by atoms with Crippen LogP contribution < -0.4 is 10.6 Å². The van der Waals surface area contributed by atoms with Crippen molar-refractivity contribution in [1.29, 1.82) is 0 Å². The number of hydrogen-bond donors (Lipinski definition) is 2. The van der Waals surface area contributed by atoms with E-state index in [0.717, 1.165) is 0 Å². The number of aromatic nitrogens is 2. The zero-order valence-corrected chi connectivity index (χ0v) is 14.1. The van der Waals surface area contributed by atoms with E-state index in [1.807, 2.05) is 20.8 Å². The first-order valence-corrected chi connectivity index (χ1v) is 7.40. The van der Waals surface area contributed by atoms with Crippen LogP contribution in [-0.2, 0) is 4.74 Å². The number of rotatable bonds is 4. The highest BCUT2D eigenvalue weighted by molar-refractivity contribution is 6.03. The summed E-state index contributed by atoms with van der Waals surface area (Å²) in [6.07, 6.45) is 0. The molecule has 1 aromatic carbocycles. The standard InChI is InChI=1S/C17H20N4O3/c1-17(2,3)19-14-10-9-13(20-21-14)15(22)18-12-7-5-11(6-8-12)16(23)24-4/h5-10H,1-4H3,(H,18,22)(H,19,21). The van der Waals surface area contributed by atoms with Crippen LogP contribution in [0, 0.1) is 0 Å². The Kier molecular flexibility index (Phi) is 5.13. The molecule has 0 unspecified atom stereocenters. The zero-order chi connectivity index (χ0) is 17.7. The lowest BCUT2D eigenvalue weighted by atomic mass is 10.1. The molecule has 0 aliphatic rings. The van der Waals surface area contributed by atoms with Gasteiger partial charge in [-0.2, -0.15) is 0 Å². The molecule has 0 atom stereocenters. The predicted molar refractivity (Wildman–Crippen MR) is 91.1 cm³/mol. The molecule has 0 saturated heterocycles. The molecule has 0 bridgehead atoms. The van der Waals surface area contributed by atoms with E-state index in [9.17, 15) is 9.59 Å². The Morgan fingerprint density at radius 2 is 1.67 bits per heavy atom. The number of nitrogens with zero attached hydrogens (tertiary/aromatic N) is 2. The number of esters is 1. The summed E-state index contributed by atoms with van der Waals surface area (Å²) < 4.78 is 4.62. The van der Waals surface area contributed by atoms with Crippen molar-refractivity contribution in [3.63, 3.8) is 0 Å². The van der Waals surface area contributed by atoms with E-state index < -0.39 is 5.97 Å². The zero-order valence-electron chi connectivity index (χ0n) is 14.1. The van der Waals surface area contributed by atoms with Gasteiger partial charge < -0.3 is 15.4 Å². The number of benzene rings is 1. The van der Waals surface area contributed by atoms with E-state index in [1.54, 1.807) is 36.4 Å². The lowest BCUT2D eigenvalue weighted by Gasteiger charge is -2.20. The first kappa shape index (κ1) is 17.4. The van der Waals surface area contributed by atoms with Gasteiger partial charge in [0, 0.05) is 11.2 Å². The van der Waals surface area contributed by atoms with Crippen LogP contribution in [0.25, 0.3) is 0 Å². The molecule has 0 aliphatic carbocycles. The lowest BCUT2D eigenvalue weighted by Crippen LogP contribution is -2.27. The van der Waals surface area contributed by atoms with E-state index in [4.69, 9.17) is 0 Å². The number of carbonyl (C=O) groups is 2. The van der Waals surface area contributed by atoms with Crippen LogP contribution in [-0.4, -0.2) is 34.7 Å². The molecule has 0 aliphatic heterocycles. The summed E-state index contributed by atoms with van der Waals surface area (Å²) in [4.78, 5) is 23.5. The minimum atomic E-state index is -0.430. The molecule has 1 amide bonds. The molecule has 0 saturated carbocycles. The summed E-state index contributed by atoms with van der Waals surface area (Å²) in [5.41, 5.74) is 1.02. The van der Waals surface area contributed by atoms with E-state index in [1.165, 1.54) is 7.11 Å². The quantitative estimate of drug-likeness (QED) is 0.838. The van der Waals surface area contributed by atoms with Gasteiger partial charge in [-0.3, -0.25) is 4.79 Å². The number of nitrogens with one attached hydrogen (secondary N) is 2. The fourth-order valence-corrected chi connectivity index (χ4v) is 1.91. The summed E-state index contributed by atoms with van der Waals surface area (Å²) in [7, 11) is 1.31. The predicted octanol–water partition coefficient (Wildman–Crippen LogP) is 2.73. The third-order valence-electron chi connectivity index (χ3n) is 2.96. The van der Waals surface area contributed by atoms with Crippen LogP contribution in [0.4, 0.5) is 11.5 Å². The summed E-state index contributed by atoms with van der Waals surface area (Å²) in [5, 5.41) is 13.8. The number of carbonyl (C=O) groups excluding carboxylic acids is 2. The smallest absolute Gasteiger partial charge is 0.337 e. The Bertz CT molecular complexity index is 719. The molecule has 0 fully saturated rings. The van der Waals surface area contributed by atoms with Gasteiger partial charge in [0.15, 0.2) is 5.69 Å². The molecule has 126 valence electrons. The van der Waals surface area contributed by atoms with Crippen LogP contribution in [0.1, 0.15) is 41.6 Å². The molecule has 0 radical (unpaired) electrons. The normalized spacial score (nSPS) is 10.8. The van der Waals surface area contributed by atoms with Gasteiger partial charge in [-0.05, 0) is 57.2 Å². The Balaban J connectivity index is 2.03. The number of amides is 1. The third-order valence-corrected chi connectivity index (χ3v) is 2.96. The minimum Gasteiger partial charge on any atom is -0.465 e. The van der Waals surface area contributed by atoms with Crippen molar-refractivity contribution in [3.8, 4) is 0 Å². The van der Waals surface area contributed by atoms with Crippen LogP contribution in [0.2, 0.25) is 0 Å². The van der Waals surface area contributed by atoms with Crippen molar-refractivity contribution in [2.75, 3.05) is 17.7 Å². The largest absolute Gasteiger partial charge is 0.465 e. The molecule has 1 aromatic heterocycles. The molecule has 2 rings (SSSR count). The second-order valence-electron chi connectivity index (χ2n) is 6.20. The fourth-order valence-electron chi connectivity index (χ4n) is 1.91. The highest BCUT2D eigenvalue weighted by atomic mass is 16.5. The monoisotopic (exact) mass is 328 g/mol. The Hall–Kier alpha value is -2.96. The summed E-state index contributed by atoms with van der Waals surface area (Å²) in [5.74, 6) is -0.210. The third kappa shape index (κ3) is 4.77. The molecular formula is C17H20N4O3. The van der Waals surface area contributed by atoms with Gasteiger partial charge in [0.2, 0.25) is 0 Å². The van der Waals surface area contributed by atoms with Crippen LogP contribution in [0.15, 0.2) is 36.4 Å². The molecule has 24 heavy (non-hydrogen) atoms. The summed E-state index contributed by atoms with van der Waals surface area (Å²) in [6.45, 7) is 6.02. The van der Waals surface area contributed by atoms with Crippen LogP contribution in [0.3, 0.4) is 0 Å². The summed E-state index contributed by atoms with van der Waals surface area (Å²) >= 11 is 0. The highest BCUT2D eigenvalue weighted by Crippen LogP contribution is 2.13. The summed E-state index contributed by atoms with van der Waals surface area (Å²) in [6, 6.07) is 9.68. The average Bonchev–Trinajstić information content (AvgIpc) is 2.54. The van der Waals surface area contributed by atoms with Gasteiger partial charge in [0.25, 0.3) is 5.91 Å². The first-order chi connectivity index (χ1) is 11.3. The van der Waals surface area contributed by atoms with E-state index in [-0.39, 0.29) is 17.1 Å². The average molecular weight is 328 g/mol. The number of hydrogen-bond acceptors (Lipinski definition) is 6. The van der Waals surface area contributed by atoms with Crippen molar-refractivity contribution in [3.05, 3.63) is 47.7 Å².